The predicted molar refractivity (Wildman–Crippen MR) is 78.9 cm³/mol. The first-order valence-electron chi connectivity index (χ1n) is 8.17. The quantitative estimate of drug-likeness (QED) is 0.213. The van der Waals surface area contributed by atoms with Crippen LogP contribution in [0, 0.1) is 17.8 Å². The number of hydrogen-bond acceptors (Lipinski definition) is 2. The summed E-state index contributed by atoms with van der Waals surface area (Å²) in [6.45, 7) is 6.48. The number of carbonyl (C=O) groups is 1. The Morgan fingerprint density at radius 1 is 0.857 bits per heavy atom. The SMILES string of the molecule is [C-]#[N+]c1cc(C(F)(F)F)c(/C([O-])=C/C(=O)C2(C(F)(F)F)C(F)(F)C(F)(F)C(F)(F)C2(F)F)cc1F. The van der Waals surface area contributed by atoms with Gasteiger partial charge in [-0.15, -0.1) is 0 Å². The number of allylic oxidation sites excluding steroid dienone is 1. The second-order valence-electron chi connectivity index (χ2n) is 6.88. The zero-order valence-electron chi connectivity index (χ0n) is 15.7. The van der Waals surface area contributed by atoms with E-state index in [1.54, 1.807) is 0 Å². The fourth-order valence-electron chi connectivity index (χ4n) is 3.26. The summed E-state index contributed by atoms with van der Waals surface area (Å²) in [6.07, 6.45) is -15.0. The molecule has 1 fully saturated rings. The molecule has 35 heavy (non-hydrogen) atoms. The molecule has 0 saturated heterocycles. The molecule has 0 aromatic heterocycles. The van der Waals surface area contributed by atoms with Crippen molar-refractivity contribution < 1.29 is 75.8 Å². The van der Waals surface area contributed by atoms with Crippen molar-refractivity contribution in [2.45, 2.75) is 36.0 Å². The van der Waals surface area contributed by atoms with E-state index in [1.165, 1.54) is 0 Å². The fraction of sp³-hybridized carbons (Fsp3) is 0.412. The molecule has 0 radical (unpaired) electrons. The van der Waals surface area contributed by atoms with Crippen LogP contribution in [0.1, 0.15) is 11.1 Å². The maximum absolute atomic E-state index is 14.0. The molecule has 0 N–H and O–H groups in total. The van der Waals surface area contributed by atoms with Crippen LogP contribution in [0.15, 0.2) is 18.2 Å². The summed E-state index contributed by atoms with van der Waals surface area (Å²) in [5.74, 6) is -39.4. The van der Waals surface area contributed by atoms with Gasteiger partial charge < -0.3 is 5.11 Å². The van der Waals surface area contributed by atoms with Gasteiger partial charge in [0.05, 0.1) is 12.1 Å². The minimum absolute atomic E-state index is 0.436. The van der Waals surface area contributed by atoms with Gasteiger partial charge in [-0.2, -0.15) is 61.5 Å². The van der Waals surface area contributed by atoms with Crippen LogP contribution in [0.2, 0.25) is 0 Å². The highest BCUT2D eigenvalue weighted by molar-refractivity contribution is 6.02. The third kappa shape index (κ3) is 3.26. The third-order valence-electron chi connectivity index (χ3n) is 4.96. The minimum Gasteiger partial charge on any atom is -0.872 e. The van der Waals surface area contributed by atoms with Crippen LogP contribution < -0.4 is 5.11 Å². The number of hydrogen-bond donors (Lipinski definition) is 0. The smallest absolute Gasteiger partial charge is 0.415 e. The number of alkyl halides is 14. The summed E-state index contributed by atoms with van der Waals surface area (Å²) in [6, 6.07) is -0.981. The van der Waals surface area contributed by atoms with E-state index in [0.29, 0.717) is 0 Å². The van der Waals surface area contributed by atoms with Gasteiger partial charge >= 0.3 is 36.0 Å². The van der Waals surface area contributed by atoms with Crippen LogP contribution in [-0.2, 0) is 11.0 Å². The van der Waals surface area contributed by atoms with Gasteiger partial charge in [0.25, 0.3) is 5.41 Å². The van der Waals surface area contributed by atoms with Crippen LogP contribution in [0.5, 0.6) is 0 Å². The number of nitrogens with zero attached hydrogens (tertiary/aromatic N) is 1. The number of benzene rings is 1. The molecule has 1 aromatic carbocycles. The van der Waals surface area contributed by atoms with Crippen LogP contribution in [-0.4, -0.2) is 35.6 Å². The Hall–Kier alpha value is -3.13. The molecule has 0 heterocycles. The van der Waals surface area contributed by atoms with Crippen molar-refractivity contribution in [2.75, 3.05) is 0 Å². The first kappa shape index (κ1) is 28.1. The summed E-state index contributed by atoms with van der Waals surface area (Å²) < 4.78 is 203. The Labute approximate surface area is 182 Å². The average Bonchev–Trinajstić information content (AvgIpc) is 2.70. The molecule has 18 heteroatoms. The van der Waals surface area contributed by atoms with Crippen molar-refractivity contribution in [3.63, 3.8) is 0 Å². The molecule has 0 aliphatic heterocycles. The summed E-state index contributed by atoms with van der Waals surface area (Å²) in [7, 11) is 0. The van der Waals surface area contributed by atoms with Gasteiger partial charge in [-0.05, 0) is 23.8 Å². The minimum atomic E-state index is -7.65. The molecule has 0 unspecified atom stereocenters. The van der Waals surface area contributed by atoms with Crippen LogP contribution in [0.25, 0.3) is 10.6 Å². The molecule has 0 atom stereocenters. The van der Waals surface area contributed by atoms with E-state index in [1.807, 2.05) is 0 Å². The van der Waals surface area contributed by atoms with Gasteiger partial charge in [0.1, 0.15) is 5.82 Å². The van der Waals surface area contributed by atoms with E-state index in [9.17, 15) is 75.8 Å². The normalized spacial score (nSPS) is 22.5. The number of carbonyl (C=O) groups excluding carboxylic acids is 1. The maximum atomic E-state index is 14.0. The Bertz CT molecular complexity index is 1110. The zero-order chi connectivity index (χ0) is 27.8. The second-order valence-corrected chi connectivity index (χ2v) is 6.88. The van der Waals surface area contributed by atoms with Crippen LogP contribution in [0.4, 0.5) is 71.5 Å². The Morgan fingerprint density at radius 3 is 1.63 bits per heavy atom. The highest BCUT2D eigenvalue weighted by Gasteiger charge is 3.06. The van der Waals surface area contributed by atoms with E-state index in [4.69, 9.17) is 6.57 Å². The fourth-order valence-corrected chi connectivity index (χ4v) is 3.26. The van der Waals surface area contributed by atoms with Crippen LogP contribution in [0.3, 0.4) is 0 Å². The van der Waals surface area contributed by atoms with Crippen molar-refractivity contribution in [2.24, 2.45) is 5.41 Å². The van der Waals surface area contributed by atoms with E-state index >= 15 is 0 Å². The predicted octanol–water partition coefficient (Wildman–Crippen LogP) is 5.77. The Kier molecular flexibility index (Phi) is 5.97. The van der Waals surface area contributed by atoms with Crippen molar-refractivity contribution in [1.29, 1.82) is 0 Å². The van der Waals surface area contributed by atoms with Crippen molar-refractivity contribution in [1.82, 2.24) is 0 Å². The number of halogens is 15. The molecule has 1 saturated carbocycles. The van der Waals surface area contributed by atoms with Crippen molar-refractivity contribution in [3.8, 4) is 0 Å². The lowest BCUT2D eigenvalue weighted by Gasteiger charge is -2.37. The number of ketones is 1. The van der Waals surface area contributed by atoms with Crippen molar-refractivity contribution in [3.05, 3.63) is 46.6 Å². The molecule has 2 rings (SSSR count). The molecule has 1 aliphatic rings. The van der Waals surface area contributed by atoms with E-state index < -0.39 is 93.8 Å². The van der Waals surface area contributed by atoms with E-state index in [-0.39, 0.29) is 0 Å². The summed E-state index contributed by atoms with van der Waals surface area (Å²) in [5.41, 5.74) is -13.4. The first-order valence-corrected chi connectivity index (χ1v) is 8.17. The van der Waals surface area contributed by atoms with Crippen LogP contribution >= 0.6 is 0 Å². The molecular formula is C17H3F15NO2-. The molecule has 0 bridgehead atoms. The average molecular weight is 538 g/mol. The lowest BCUT2D eigenvalue weighted by Crippen LogP contribution is -2.64. The summed E-state index contributed by atoms with van der Waals surface area (Å²) in [4.78, 5) is 14.2. The maximum Gasteiger partial charge on any atom is 0.415 e. The monoisotopic (exact) mass is 538 g/mol. The highest BCUT2D eigenvalue weighted by Crippen LogP contribution is 2.75. The molecule has 3 nitrogen and oxygen atoms in total. The van der Waals surface area contributed by atoms with Gasteiger partial charge in [0.2, 0.25) is 5.69 Å². The standard InChI is InChI=1S/C17H4F15NO2/c1-33-8-3-6(12(19,20)21)5(2-7(8)18)9(34)4-10(35)11(17(30,31)32)13(22,23)15(26,27)16(28,29)14(11,24)25/h2-4,34H/p-1/b9-4-. The largest absolute Gasteiger partial charge is 0.872 e. The Balaban J connectivity index is 2.94. The topological polar surface area (TPSA) is 44.5 Å². The molecule has 1 aromatic rings. The summed E-state index contributed by atoms with van der Waals surface area (Å²) >= 11 is 0. The summed E-state index contributed by atoms with van der Waals surface area (Å²) in [5, 5.41) is 12.0. The highest BCUT2D eigenvalue weighted by atomic mass is 19.4. The lowest BCUT2D eigenvalue weighted by molar-refractivity contribution is -0.341. The van der Waals surface area contributed by atoms with E-state index in [2.05, 4.69) is 4.85 Å². The van der Waals surface area contributed by atoms with Gasteiger partial charge in [0, 0.05) is 0 Å². The first-order chi connectivity index (χ1) is 15.4. The molecule has 1 aliphatic carbocycles. The van der Waals surface area contributed by atoms with E-state index in [0.717, 1.165) is 0 Å². The van der Waals surface area contributed by atoms with Gasteiger partial charge in [-0.25, -0.2) is 9.24 Å². The Morgan fingerprint density at radius 2 is 1.29 bits per heavy atom. The van der Waals surface area contributed by atoms with Gasteiger partial charge in [-0.1, -0.05) is 5.76 Å². The lowest BCUT2D eigenvalue weighted by atomic mass is 9.74. The molecule has 194 valence electrons. The zero-order valence-corrected chi connectivity index (χ0v) is 15.7. The third-order valence-corrected chi connectivity index (χ3v) is 4.96. The molecule has 0 amide bonds. The second kappa shape index (κ2) is 7.43. The van der Waals surface area contributed by atoms with Gasteiger partial charge in [0.15, 0.2) is 5.78 Å². The molecular weight excluding hydrogens is 535 g/mol. The number of rotatable bonds is 3. The van der Waals surface area contributed by atoms with Gasteiger partial charge in [-0.3, -0.25) is 4.79 Å². The van der Waals surface area contributed by atoms with Crippen molar-refractivity contribution >= 4 is 17.2 Å². The molecule has 0 spiro atoms.